The van der Waals surface area contributed by atoms with Crippen LogP contribution in [0, 0.1) is 6.92 Å². The predicted octanol–water partition coefficient (Wildman–Crippen LogP) is 2.48. The van der Waals surface area contributed by atoms with Crippen LogP contribution in [0.4, 0.5) is 0 Å². The van der Waals surface area contributed by atoms with Gasteiger partial charge in [0.05, 0.1) is 13.2 Å². The van der Waals surface area contributed by atoms with Crippen molar-refractivity contribution in [1.29, 1.82) is 0 Å². The topological polar surface area (TPSA) is 18.5 Å². The molecule has 2 rings (SSSR count). The van der Waals surface area contributed by atoms with Gasteiger partial charge >= 0.3 is 0 Å². The van der Waals surface area contributed by atoms with Gasteiger partial charge in [0.25, 0.3) is 0 Å². The third kappa shape index (κ3) is 5.51. The molecule has 0 unspecified atom stereocenters. The second-order valence-electron chi connectivity index (χ2n) is 3.56. The van der Waals surface area contributed by atoms with Crippen LogP contribution in [0.1, 0.15) is 19.4 Å². The Balaban J connectivity index is 0.000000227. The van der Waals surface area contributed by atoms with E-state index in [2.05, 4.69) is 19.1 Å². The first-order valence-electron chi connectivity index (χ1n) is 4.56. The molecule has 0 amide bonds. The molecule has 1 aliphatic rings. The number of hydrogen-bond acceptors (Lipinski definition) is 2. The normalized spacial score (nSPS) is 17.9. The van der Waals surface area contributed by atoms with Crippen LogP contribution in [-0.4, -0.2) is 19.0 Å². The van der Waals surface area contributed by atoms with E-state index in [9.17, 15) is 0 Å². The summed E-state index contributed by atoms with van der Waals surface area (Å²) >= 11 is 0. The van der Waals surface area contributed by atoms with Crippen molar-refractivity contribution < 1.29 is 26.5 Å². The summed E-state index contributed by atoms with van der Waals surface area (Å²) < 4.78 is 10.2. The van der Waals surface area contributed by atoms with Gasteiger partial charge < -0.3 is 9.47 Å². The van der Waals surface area contributed by atoms with Crippen LogP contribution < -0.4 is 0 Å². The molecule has 1 aromatic carbocycles. The third-order valence-corrected chi connectivity index (χ3v) is 1.81. The van der Waals surface area contributed by atoms with Gasteiger partial charge in [-0.05, 0) is 13.8 Å². The van der Waals surface area contributed by atoms with Crippen LogP contribution in [0.15, 0.2) is 24.3 Å². The van der Waals surface area contributed by atoms with Gasteiger partial charge in [-0.25, -0.2) is 11.6 Å². The molecule has 1 aromatic rings. The van der Waals surface area contributed by atoms with E-state index in [4.69, 9.17) is 9.47 Å². The average Bonchev–Trinajstić information content (AvgIpc) is 2.62. The Bertz CT molecular complexity index is 221. The van der Waals surface area contributed by atoms with Crippen molar-refractivity contribution >= 4 is 0 Å². The summed E-state index contributed by atoms with van der Waals surface area (Å²) in [5, 5.41) is 0. The number of hydrogen-bond donors (Lipinski definition) is 0. The van der Waals surface area contributed by atoms with Gasteiger partial charge in [-0.15, -0.1) is 0 Å². The maximum Gasteiger partial charge on any atom is 0.162 e. The van der Waals surface area contributed by atoms with E-state index >= 15 is 0 Å². The third-order valence-electron chi connectivity index (χ3n) is 1.81. The Morgan fingerprint density at radius 2 is 1.86 bits per heavy atom. The molecule has 0 N–H and O–H groups in total. The smallest absolute Gasteiger partial charge is 0.162 e. The minimum atomic E-state index is -0.306. The molecule has 2 nitrogen and oxygen atoms in total. The Morgan fingerprint density at radius 1 is 1.29 bits per heavy atom. The van der Waals surface area contributed by atoms with Gasteiger partial charge in [-0.3, -0.25) is 0 Å². The van der Waals surface area contributed by atoms with Crippen LogP contribution in [0.5, 0.6) is 0 Å². The van der Waals surface area contributed by atoms with Gasteiger partial charge in [-0.1, -0.05) is 6.92 Å². The molecule has 1 radical (unpaired) electrons. The SMILES string of the molecule is CC1(C)OCCO1.Cc1cc[cH-]c1.[Mn]. The molecule has 14 heavy (non-hydrogen) atoms. The van der Waals surface area contributed by atoms with Crippen LogP contribution in [-0.2, 0) is 26.5 Å². The van der Waals surface area contributed by atoms with Crippen LogP contribution in [0.25, 0.3) is 0 Å². The number of rotatable bonds is 0. The van der Waals surface area contributed by atoms with E-state index in [1.54, 1.807) is 0 Å². The molecular weight excluding hydrogens is 219 g/mol. The van der Waals surface area contributed by atoms with Gasteiger partial charge in [0.15, 0.2) is 5.79 Å². The van der Waals surface area contributed by atoms with Crippen LogP contribution >= 0.6 is 0 Å². The molecule has 1 aliphatic heterocycles. The van der Waals surface area contributed by atoms with E-state index in [1.807, 2.05) is 26.0 Å². The quantitative estimate of drug-likeness (QED) is 0.509. The summed E-state index contributed by atoms with van der Waals surface area (Å²) in [4.78, 5) is 0. The number of aryl methyl sites for hydroxylation is 1. The maximum absolute atomic E-state index is 5.12. The first-order chi connectivity index (χ1) is 6.10. The summed E-state index contributed by atoms with van der Waals surface area (Å²) in [5.74, 6) is -0.306. The molecule has 81 valence electrons. The van der Waals surface area contributed by atoms with Crippen molar-refractivity contribution in [3.63, 3.8) is 0 Å². The minimum absolute atomic E-state index is 0. The summed E-state index contributed by atoms with van der Waals surface area (Å²) in [6.45, 7) is 7.40. The van der Waals surface area contributed by atoms with E-state index in [-0.39, 0.29) is 22.9 Å². The Morgan fingerprint density at radius 3 is 2.00 bits per heavy atom. The fraction of sp³-hybridized carbons (Fsp3) is 0.545. The fourth-order valence-corrected chi connectivity index (χ4v) is 1.09. The molecule has 0 saturated carbocycles. The molecule has 3 heteroatoms. The molecule has 0 bridgehead atoms. The van der Waals surface area contributed by atoms with Gasteiger partial charge in [-0.2, -0.15) is 18.2 Å². The monoisotopic (exact) mass is 236 g/mol. The standard InChI is InChI=1S/C6H7.C5H10O2.Mn/c1-6-4-2-3-5-6;1-5(2)6-3-4-7-5;/h2-5H,1H3;3-4H2,1-2H3;/q-1;;. The molecule has 1 heterocycles. The van der Waals surface area contributed by atoms with E-state index in [0.717, 1.165) is 13.2 Å². The van der Waals surface area contributed by atoms with Gasteiger partial charge in [0.2, 0.25) is 0 Å². The second kappa shape index (κ2) is 6.31. The van der Waals surface area contributed by atoms with Crippen molar-refractivity contribution in [3.8, 4) is 0 Å². The Hall–Kier alpha value is -0.211. The average molecular weight is 236 g/mol. The zero-order valence-electron chi connectivity index (χ0n) is 8.92. The molecule has 1 fully saturated rings. The second-order valence-corrected chi connectivity index (χ2v) is 3.56. The van der Waals surface area contributed by atoms with Crippen LogP contribution in [0.2, 0.25) is 0 Å². The van der Waals surface area contributed by atoms with Crippen molar-refractivity contribution in [2.75, 3.05) is 13.2 Å². The molecule has 1 saturated heterocycles. The summed E-state index contributed by atoms with van der Waals surface area (Å²) in [7, 11) is 0. The number of ether oxygens (including phenoxy) is 2. The summed E-state index contributed by atoms with van der Waals surface area (Å²) in [5.41, 5.74) is 1.34. The Labute approximate surface area is 96.4 Å². The van der Waals surface area contributed by atoms with Crippen molar-refractivity contribution in [1.82, 2.24) is 0 Å². The zero-order chi connectivity index (χ0) is 9.73. The van der Waals surface area contributed by atoms with Crippen LogP contribution in [0.3, 0.4) is 0 Å². The molecule has 0 aromatic heterocycles. The molecule has 0 aliphatic carbocycles. The van der Waals surface area contributed by atoms with Gasteiger partial charge in [0, 0.05) is 17.1 Å². The van der Waals surface area contributed by atoms with Gasteiger partial charge in [0.1, 0.15) is 0 Å². The summed E-state index contributed by atoms with van der Waals surface area (Å²) in [6.07, 6.45) is 0. The van der Waals surface area contributed by atoms with Crippen molar-refractivity contribution in [3.05, 3.63) is 29.8 Å². The van der Waals surface area contributed by atoms with Crippen molar-refractivity contribution in [2.45, 2.75) is 26.6 Å². The zero-order valence-corrected chi connectivity index (χ0v) is 10.1. The minimum Gasteiger partial charge on any atom is -0.348 e. The largest absolute Gasteiger partial charge is 0.348 e. The Kier molecular flexibility index (Phi) is 6.21. The van der Waals surface area contributed by atoms with E-state index in [0.29, 0.717) is 0 Å². The van der Waals surface area contributed by atoms with Crippen molar-refractivity contribution in [2.24, 2.45) is 0 Å². The maximum atomic E-state index is 5.12. The first kappa shape index (κ1) is 13.8. The van der Waals surface area contributed by atoms with E-state index < -0.39 is 0 Å². The molecule has 0 atom stereocenters. The first-order valence-corrected chi connectivity index (χ1v) is 4.56. The molecule has 0 spiro atoms. The van der Waals surface area contributed by atoms with E-state index in [1.165, 1.54) is 5.56 Å². The predicted molar refractivity (Wildman–Crippen MR) is 52.8 cm³/mol. The summed E-state index contributed by atoms with van der Waals surface area (Å²) in [6, 6.07) is 8.24. The molecular formula is C11H17MnO2-. The fourth-order valence-electron chi connectivity index (χ4n) is 1.09.